The highest BCUT2D eigenvalue weighted by molar-refractivity contribution is 7.53. The van der Waals surface area contributed by atoms with E-state index in [1.807, 2.05) is 0 Å². The van der Waals surface area contributed by atoms with E-state index >= 15 is 0 Å². The van der Waals surface area contributed by atoms with Gasteiger partial charge in [0.15, 0.2) is 0 Å². The first kappa shape index (κ1) is 21.1. The van der Waals surface area contributed by atoms with E-state index in [2.05, 4.69) is 4.98 Å². The van der Waals surface area contributed by atoms with Gasteiger partial charge in [-0.05, 0) is 26.7 Å². The van der Waals surface area contributed by atoms with Gasteiger partial charge in [-0.1, -0.05) is 6.92 Å². The fraction of sp³-hybridized carbons (Fsp3) is 0.750. The highest BCUT2D eigenvalue weighted by Crippen LogP contribution is 2.51. The predicted octanol–water partition coefficient (Wildman–Crippen LogP) is 1.40. The van der Waals surface area contributed by atoms with Crippen LogP contribution in [0.5, 0.6) is 0 Å². The van der Waals surface area contributed by atoms with Gasteiger partial charge in [-0.25, -0.2) is 4.79 Å². The molecule has 1 aliphatic heterocycles. The van der Waals surface area contributed by atoms with Crippen LogP contribution >= 0.6 is 7.60 Å². The zero-order chi connectivity index (χ0) is 19.5. The minimum absolute atomic E-state index is 0.0999. The summed E-state index contributed by atoms with van der Waals surface area (Å²) in [5, 5.41) is 10.4. The van der Waals surface area contributed by atoms with E-state index < -0.39 is 37.3 Å². The lowest BCUT2D eigenvalue weighted by molar-refractivity contribution is -0.0435. The lowest BCUT2D eigenvalue weighted by Crippen LogP contribution is -2.34. The first-order valence-corrected chi connectivity index (χ1v) is 10.5. The summed E-state index contributed by atoms with van der Waals surface area (Å²) in [4.78, 5) is 25.7. The highest BCUT2D eigenvalue weighted by Gasteiger charge is 2.41. The van der Waals surface area contributed by atoms with Gasteiger partial charge in [0.05, 0.1) is 31.6 Å². The summed E-state index contributed by atoms with van der Waals surface area (Å²) in [7, 11) is -3.28. The molecule has 1 aromatic rings. The Kier molecular flexibility index (Phi) is 6.99. The topological polar surface area (TPSA) is 120 Å². The first-order chi connectivity index (χ1) is 12.2. The Hall–Kier alpha value is -1.25. The number of hydrogen-bond acceptors (Lipinski definition) is 7. The van der Waals surface area contributed by atoms with E-state index in [0.717, 1.165) is 0 Å². The van der Waals surface area contributed by atoms with Gasteiger partial charge in [0.2, 0.25) is 0 Å². The molecule has 9 nitrogen and oxygen atoms in total. The van der Waals surface area contributed by atoms with Crippen molar-refractivity contribution in [3.8, 4) is 0 Å². The van der Waals surface area contributed by atoms with Crippen LogP contribution in [0.4, 0.5) is 0 Å². The van der Waals surface area contributed by atoms with Crippen LogP contribution in [-0.2, 0) is 18.3 Å². The summed E-state index contributed by atoms with van der Waals surface area (Å²) in [6, 6.07) is 0. The van der Waals surface area contributed by atoms with E-state index in [-0.39, 0.29) is 31.7 Å². The molecule has 148 valence electrons. The van der Waals surface area contributed by atoms with E-state index in [0.29, 0.717) is 5.56 Å². The maximum Gasteiger partial charge on any atom is 0.331 e. The zero-order valence-electron chi connectivity index (χ0n) is 15.5. The molecule has 1 saturated heterocycles. The molecule has 1 unspecified atom stereocenters. The first-order valence-electron chi connectivity index (χ1n) is 8.74. The number of aliphatic hydroxyl groups is 1. The van der Waals surface area contributed by atoms with Gasteiger partial charge in [0.1, 0.15) is 6.23 Å². The van der Waals surface area contributed by atoms with Gasteiger partial charge in [0.25, 0.3) is 5.56 Å². The van der Waals surface area contributed by atoms with Crippen LogP contribution < -0.4 is 11.2 Å². The number of hydrogen-bond donors (Lipinski definition) is 2. The number of aryl methyl sites for hydroxylation is 1. The second-order valence-electron chi connectivity index (χ2n) is 6.44. The molecular formula is C16H27N2O7P. The SMILES string of the molecule is CCOP(=O)(C[C@@H](C)[C@H]1O[C@@H](n2cc(C)c(=O)[nH]c2=O)CC1O)OCC. The standard InChI is InChI=1S/C16H27N2O7P/c1-5-23-26(22,24-6-2)9-11(4)14-12(19)7-13(25-14)18-8-10(3)15(20)17-16(18)21/h8,11-14,19H,5-7,9H2,1-4H3,(H,17,20,21)/t11-,12?,13-,14-/m1/s1. The Morgan fingerprint density at radius 2 is 2.00 bits per heavy atom. The quantitative estimate of drug-likeness (QED) is 0.644. The molecule has 4 atom stereocenters. The summed E-state index contributed by atoms with van der Waals surface area (Å²) in [5.41, 5.74) is -0.680. The van der Waals surface area contributed by atoms with E-state index in [1.54, 1.807) is 27.7 Å². The molecule has 26 heavy (non-hydrogen) atoms. The van der Waals surface area contributed by atoms with E-state index in [9.17, 15) is 19.3 Å². The number of H-pyrrole nitrogens is 1. The van der Waals surface area contributed by atoms with Crippen molar-refractivity contribution in [2.75, 3.05) is 19.4 Å². The average molecular weight is 390 g/mol. The lowest BCUT2D eigenvalue weighted by atomic mass is 10.0. The number of nitrogens with one attached hydrogen (secondary N) is 1. The van der Waals surface area contributed by atoms with Gasteiger partial charge < -0.3 is 18.9 Å². The Labute approximate surface area is 151 Å². The maximum atomic E-state index is 12.7. The van der Waals surface area contributed by atoms with Crippen LogP contribution in [-0.4, -0.2) is 46.2 Å². The molecule has 0 saturated carbocycles. The van der Waals surface area contributed by atoms with Crippen LogP contribution in [0.2, 0.25) is 0 Å². The Morgan fingerprint density at radius 3 is 2.58 bits per heavy atom. The van der Waals surface area contributed by atoms with Crippen LogP contribution in [0.25, 0.3) is 0 Å². The number of nitrogens with zero attached hydrogens (tertiary/aromatic N) is 1. The molecule has 0 bridgehead atoms. The Bertz CT molecular complexity index is 765. The molecule has 10 heteroatoms. The number of aromatic amines is 1. The van der Waals surface area contributed by atoms with Crippen LogP contribution in [0, 0.1) is 12.8 Å². The van der Waals surface area contributed by atoms with Gasteiger partial charge >= 0.3 is 13.3 Å². The molecule has 1 aliphatic rings. The summed E-state index contributed by atoms with van der Waals surface area (Å²) in [6.07, 6.45) is -0.480. The average Bonchev–Trinajstić information content (AvgIpc) is 2.93. The van der Waals surface area contributed by atoms with Crippen molar-refractivity contribution in [3.63, 3.8) is 0 Å². The van der Waals surface area contributed by atoms with Crippen molar-refractivity contribution in [3.05, 3.63) is 32.6 Å². The van der Waals surface area contributed by atoms with Crippen molar-refractivity contribution in [2.45, 2.75) is 52.6 Å². The van der Waals surface area contributed by atoms with E-state index in [1.165, 1.54) is 10.8 Å². The van der Waals surface area contributed by atoms with Gasteiger partial charge in [-0.3, -0.25) is 18.9 Å². The van der Waals surface area contributed by atoms with Crippen LogP contribution in [0.1, 0.15) is 39.0 Å². The number of aliphatic hydroxyl groups excluding tert-OH is 1. The third kappa shape index (κ3) is 4.72. The van der Waals surface area contributed by atoms with Gasteiger partial charge in [-0.2, -0.15) is 0 Å². The molecule has 0 amide bonds. The fourth-order valence-electron chi connectivity index (χ4n) is 3.15. The Balaban J connectivity index is 2.15. The number of ether oxygens (including phenoxy) is 1. The Morgan fingerprint density at radius 1 is 1.38 bits per heavy atom. The predicted molar refractivity (Wildman–Crippen MR) is 95.5 cm³/mol. The van der Waals surface area contributed by atoms with Crippen LogP contribution in [0.15, 0.2) is 15.8 Å². The minimum atomic E-state index is -3.28. The zero-order valence-corrected chi connectivity index (χ0v) is 16.4. The second kappa shape index (κ2) is 8.63. The van der Waals surface area contributed by atoms with Crippen molar-refractivity contribution >= 4 is 7.60 Å². The summed E-state index contributed by atoms with van der Waals surface area (Å²) < 4.78 is 30.4. The third-order valence-electron chi connectivity index (χ3n) is 4.32. The summed E-state index contributed by atoms with van der Waals surface area (Å²) >= 11 is 0. The summed E-state index contributed by atoms with van der Waals surface area (Å²) in [6.45, 7) is 7.36. The molecule has 0 aromatic carbocycles. The molecule has 2 rings (SSSR count). The fourth-order valence-corrected chi connectivity index (χ4v) is 5.14. The van der Waals surface area contributed by atoms with Gasteiger partial charge in [-0.15, -0.1) is 0 Å². The molecule has 0 aliphatic carbocycles. The molecule has 1 aromatic heterocycles. The minimum Gasteiger partial charge on any atom is -0.390 e. The molecular weight excluding hydrogens is 363 g/mol. The smallest absolute Gasteiger partial charge is 0.331 e. The molecule has 2 N–H and O–H groups in total. The summed E-state index contributed by atoms with van der Waals surface area (Å²) in [5.74, 6) is -0.321. The molecule has 0 radical (unpaired) electrons. The van der Waals surface area contributed by atoms with Crippen molar-refractivity contribution in [2.24, 2.45) is 5.92 Å². The second-order valence-corrected chi connectivity index (χ2v) is 8.55. The van der Waals surface area contributed by atoms with Crippen molar-refractivity contribution in [1.29, 1.82) is 0 Å². The van der Waals surface area contributed by atoms with Crippen molar-refractivity contribution in [1.82, 2.24) is 9.55 Å². The lowest BCUT2D eigenvalue weighted by Gasteiger charge is -2.26. The highest BCUT2D eigenvalue weighted by atomic mass is 31.2. The maximum absolute atomic E-state index is 12.7. The van der Waals surface area contributed by atoms with Crippen LogP contribution in [0.3, 0.4) is 0 Å². The molecule has 1 fully saturated rings. The normalized spacial score (nSPS) is 24.7. The molecule has 2 heterocycles. The largest absolute Gasteiger partial charge is 0.390 e. The molecule has 0 spiro atoms. The monoisotopic (exact) mass is 390 g/mol. The van der Waals surface area contributed by atoms with E-state index in [4.69, 9.17) is 13.8 Å². The third-order valence-corrected chi connectivity index (χ3v) is 6.64. The number of aromatic nitrogens is 2. The van der Waals surface area contributed by atoms with Crippen molar-refractivity contribution < 1.29 is 23.5 Å². The van der Waals surface area contributed by atoms with Gasteiger partial charge in [0, 0.05) is 18.2 Å². The number of rotatable bonds is 8.